The van der Waals surface area contributed by atoms with Gasteiger partial charge in [0.05, 0.1) is 0 Å². The minimum atomic E-state index is 0.293. The van der Waals surface area contributed by atoms with E-state index in [0.29, 0.717) is 12.3 Å². The summed E-state index contributed by atoms with van der Waals surface area (Å²) in [7, 11) is 1.94. The topological polar surface area (TPSA) is 58.4 Å². The molecule has 3 rings (SSSR count). The number of hydrogen-bond donors (Lipinski definition) is 1. The number of rotatable bonds is 10. The Morgan fingerprint density at radius 2 is 1.96 bits per heavy atom. The van der Waals surface area contributed by atoms with Crippen LogP contribution in [0, 0.1) is 5.92 Å². The van der Waals surface area contributed by atoms with E-state index in [4.69, 9.17) is 4.52 Å². The van der Waals surface area contributed by atoms with Gasteiger partial charge in [-0.05, 0) is 51.1 Å². The quantitative estimate of drug-likeness (QED) is 0.622. The van der Waals surface area contributed by atoms with Crippen molar-refractivity contribution >= 4 is 5.91 Å². The summed E-state index contributed by atoms with van der Waals surface area (Å²) in [5.74, 6) is 1.95. The van der Waals surface area contributed by atoms with Gasteiger partial charge in [0.15, 0.2) is 0 Å². The smallest absolute Gasteiger partial charge is 0.222 e. The van der Waals surface area contributed by atoms with Crippen LogP contribution in [0.1, 0.15) is 50.7 Å². The molecular weight excluding hydrogens is 350 g/mol. The lowest BCUT2D eigenvalue weighted by Gasteiger charge is -2.23. The van der Waals surface area contributed by atoms with Gasteiger partial charge in [-0.2, -0.15) is 0 Å². The molecule has 1 saturated heterocycles. The number of benzene rings is 1. The Bertz CT molecular complexity index is 708. The van der Waals surface area contributed by atoms with E-state index >= 15 is 0 Å². The van der Waals surface area contributed by atoms with Crippen LogP contribution in [0.25, 0.3) is 11.3 Å². The number of nitrogens with zero attached hydrogens (tertiary/aromatic N) is 2. The number of unbranched alkanes of at least 4 members (excludes halogenated alkanes) is 2. The monoisotopic (exact) mass is 383 g/mol. The van der Waals surface area contributed by atoms with E-state index in [9.17, 15) is 4.79 Å². The first kappa shape index (κ1) is 20.6. The van der Waals surface area contributed by atoms with Crippen LogP contribution in [-0.4, -0.2) is 42.6 Å². The van der Waals surface area contributed by atoms with Crippen molar-refractivity contribution in [1.29, 1.82) is 0 Å². The van der Waals surface area contributed by atoms with Gasteiger partial charge in [-0.15, -0.1) is 0 Å². The van der Waals surface area contributed by atoms with Gasteiger partial charge in [-0.3, -0.25) is 4.79 Å². The lowest BCUT2D eigenvalue weighted by atomic mass is 9.93. The van der Waals surface area contributed by atoms with E-state index < -0.39 is 0 Å². The Morgan fingerprint density at radius 3 is 2.75 bits per heavy atom. The molecule has 152 valence electrons. The molecule has 0 bridgehead atoms. The van der Waals surface area contributed by atoms with Gasteiger partial charge >= 0.3 is 0 Å². The summed E-state index contributed by atoms with van der Waals surface area (Å²) in [5, 5.41) is 7.54. The van der Waals surface area contributed by atoms with Crippen LogP contribution in [0.2, 0.25) is 0 Å². The summed E-state index contributed by atoms with van der Waals surface area (Å²) in [6.07, 6.45) is 8.24. The maximum atomic E-state index is 12.3. The van der Waals surface area contributed by atoms with Gasteiger partial charge in [-0.25, -0.2) is 0 Å². The zero-order valence-corrected chi connectivity index (χ0v) is 17.0. The molecule has 0 saturated carbocycles. The molecule has 1 aliphatic heterocycles. The van der Waals surface area contributed by atoms with Gasteiger partial charge in [0.1, 0.15) is 11.5 Å². The predicted octanol–water partition coefficient (Wildman–Crippen LogP) is 4.29. The number of aryl methyl sites for hydroxylation is 1. The third-order valence-electron chi connectivity index (χ3n) is 5.70. The fraction of sp³-hybridized carbons (Fsp3) is 0.565. The molecule has 1 aliphatic rings. The standard InChI is InChI=1S/C23H33N3O2/c1-26(23(27)12-11-19-13-15-24-16-14-19)17-7-3-6-10-21-18-22(25-28-21)20-8-4-2-5-9-20/h2,4-5,8-9,18-19,24H,3,6-7,10-17H2,1H3. The molecule has 1 N–H and O–H groups in total. The van der Waals surface area contributed by atoms with Crippen molar-refractivity contribution in [2.75, 3.05) is 26.7 Å². The Kier molecular flexibility index (Phi) is 8.09. The molecule has 1 aromatic carbocycles. The van der Waals surface area contributed by atoms with Crippen molar-refractivity contribution in [3.05, 3.63) is 42.2 Å². The Balaban J connectivity index is 1.28. The van der Waals surface area contributed by atoms with E-state index in [1.54, 1.807) is 0 Å². The second-order valence-electron chi connectivity index (χ2n) is 7.90. The number of nitrogens with one attached hydrogen (secondary N) is 1. The predicted molar refractivity (Wildman–Crippen MR) is 112 cm³/mol. The highest BCUT2D eigenvalue weighted by atomic mass is 16.5. The number of aromatic nitrogens is 1. The average molecular weight is 384 g/mol. The third-order valence-corrected chi connectivity index (χ3v) is 5.70. The molecule has 0 spiro atoms. The summed E-state index contributed by atoms with van der Waals surface area (Å²) in [6, 6.07) is 12.1. The van der Waals surface area contributed by atoms with Crippen molar-refractivity contribution in [2.45, 2.75) is 51.4 Å². The molecule has 2 aromatic rings. The molecule has 0 radical (unpaired) electrons. The third kappa shape index (κ3) is 6.48. The van der Waals surface area contributed by atoms with Gasteiger partial charge in [-0.1, -0.05) is 41.9 Å². The van der Waals surface area contributed by atoms with Gasteiger partial charge in [0.25, 0.3) is 0 Å². The fourth-order valence-corrected chi connectivity index (χ4v) is 3.81. The molecule has 1 amide bonds. The zero-order valence-electron chi connectivity index (χ0n) is 17.0. The fourth-order valence-electron chi connectivity index (χ4n) is 3.81. The summed E-state index contributed by atoms with van der Waals surface area (Å²) in [5.41, 5.74) is 1.98. The first-order valence-corrected chi connectivity index (χ1v) is 10.7. The summed E-state index contributed by atoms with van der Waals surface area (Å²) in [6.45, 7) is 3.05. The second kappa shape index (κ2) is 11.0. The van der Waals surface area contributed by atoms with Crippen molar-refractivity contribution < 1.29 is 9.32 Å². The molecular formula is C23H33N3O2. The normalized spacial score (nSPS) is 14.9. The zero-order chi connectivity index (χ0) is 19.6. The maximum absolute atomic E-state index is 12.3. The number of amides is 1. The number of piperidine rings is 1. The molecule has 1 fully saturated rings. The van der Waals surface area contributed by atoms with Crippen LogP contribution in [0.5, 0.6) is 0 Å². The Morgan fingerprint density at radius 1 is 1.18 bits per heavy atom. The SMILES string of the molecule is CN(CCCCCc1cc(-c2ccccc2)no1)C(=O)CCC1CCNCC1. The lowest BCUT2D eigenvalue weighted by Crippen LogP contribution is -2.30. The number of carbonyl (C=O) groups is 1. The summed E-state index contributed by atoms with van der Waals surface area (Å²) in [4.78, 5) is 14.2. The lowest BCUT2D eigenvalue weighted by molar-refractivity contribution is -0.130. The molecule has 0 atom stereocenters. The van der Waals surface area contributed by atoms with Crippen molar-refractivity contribution in [3.8, 4) is 11.3 Å². The minimum absolute atomic E-state index is 0.293. The summed E-state index contributed by atoms with van der Waals surface area (Å²) >= 11 is 0. The molecule has 5 nitrogen and oxygen atoms in total. The van der Waals surface area contributed by atoms with Crippen LogP contribution in [0.4, 0.5) is 0 Å². The van der Waals surface area contributed by atoms with E-state index in [0.717, 1.165) is 74.7 Å². The van der Waals surface area contributed by atoms with Crippen molar-refractivity contribution in [1.82, 2.24) is 15.4 Å². The molecule has 2 heterocycles. The first-order valence-electron chi connectivity index (χ1n) is 10.7. The average Bonchev–Trinajstić information content (AvgIpc) is 3.22. The minimum Gasteiger partial charge on any atom is -0.361 e. The molecule has 28 heavy (non-hydrogen) atoms. The van der Waals surface area contributed by atoms with Gasteiger partial charge < -0.3 is 14.7 Å². The van der Waals surface area contributed by atoms with Crippen LogP contribution in [-0.2, 0) is 11.2 Å². The Labute approximate surface area is 168 Å². The van der Waals surface area contributed by atoms with Crippen LogP contribution in [0.3, 0.4) is 0 Å². The largest absolute Gasteiger partial charge is 0.361 e. The highest BCUT2D eigenvalue weighted by Gasteiger charge is 2.16. The highest BCUT2D eigenvalue weighted by molar-refractivity contribution is 5.75. The maximum Gasteiger partial charge on any atom is 0.222 e. The first-order chi connectivity index (χ1) is 13.7. The van der Waals surface area contributed by atoms with Crippen molar-refractivity contribution in [3.63, 3.8) is 0 Å². The van der Waals surface area contributed by atoms with Crippen LogP contribution < -0.4 is 5.32 Å². The van der Waals surface area contributed by atoms with E-state index in [1.807, 2.05) is 48.3 Å². The Hall–Kier alpha value is -2.14. The van der Waals surface area contributed by atoms with Crippen LogP contribution >= 0.6 is 0 Å². The summed E-state index contributed by atoms with van der Waals surface area (Å²) < 4.78 is 5.46. The second-order valence-corrected chi connectivity index (χ2v) is 7.90. The van der Waals surface area contributed by atoms with E-state index in [-0.39, 0.29) is 0 Å². The molecule has 1 aromatic heterocycles. The highest BCUT2D eigenvalue weighted by Crippen LogP contribution is 2.20. The van der Waals surface area contributed by atoms with Crippen molar-refractivity contribution in [2.24, 2.45) is 5.92 Å². The molecule has 0 unspecified atom stereocenters. The van der Waals surface area contributed by atoms with E-state index in [2.05, 4.69) is 10.5 Å². The number of carbonyl (C=O) groups excluding carboxylic acids is 1. The van der Waals surface area contributed by atoms with Crippen LogP contribution in [0.15, 0.2) is 40.9 Å². The van der Waals surface area contributed by atoms with Gasteiger partial charge in [0.2, 0.25) is 5.91 Å². The number of hydrogen-bond acceptors (Lipinski definition) is 4. The molecule has 5 heteroatoms. The van der Waals surface area contributed by atoms with E-state index in [1.165, 1.54) is 12.8 Å². The van der Waals surface area contributed by atoms with Gasteiger partial charge in [0, 0.05) is 38.1 Å². The molecule has 0 aliphatic carbocycles.